The zero-order chi connectivity index (χ0) is 18.2. The van der Waals surface area contributed by atoms with Crippen molar-refractivity contribution in [2.45, 2.75) is 6.92 Å². The Kier molecular flexibility index (Phi) is 6.11. The van der Waals surface area contributed by atoms with Crippen LogP contribution in [0.5, 0.6) is 5.75 Å². The fourth-order valence-corrected chi connectivity index (χ4v) is 1.95. The van der Waals surface area contributed by atoms with Gasteiger partial charge in [0.05, 0.1) is 0 Å². The van der Waals surface area contributed by atoms with Gasteiger partial charge in [-0.3, -0.25) is 9.59 Å². The molecular formula is C18H18N2O5. The minimum atomic E-state index is -0.652. The van der Waals surface area contributed by atoms with E-state index < -0.39 is 24.4 Å². The second-order valence-corrected chi connectivity index (χ2v) is 5.26. The zero-order valence-electron chi connectivity index (χ0n) is 13.7. The van der Waals surface area contributed by atoms with E-state index in [0.29, 0.717) is 17.0 Å². The molecular weight excluding hydrogens is 324 g/mol. The SMILES string of the molecule is Cc1cccc(OCC(=O)OCC(=O)Nc2ccc(C(N)=O)cc2)c1. The summed E-state index contributed by atoms with van der Waals surface area (Å²) < 4.78 is 10.1. The molecule has 0 atom stereocenters. The summed E-state index contributed by atoms with van der Waals surface area (Å²) in [4.78, 5) is 34.3. The molecule has 3 N–H and O–H groups in total. The summed E-state index contributed by atoms with van der Waals surface area (Å²) in [6.45, 7) is 1.18. The lowest BCUT2D eigenvalue weighted by Gasteiger charge is -2.08. The van der Waals surface area contributed by atoms with Crippen molar-refractivity contribution in [3.05, 3.63) is 59.7 Å². The van der Waals surface area contributed by atoms with E-state index in [4.69, 9.17) is 15.2 Å². The summed E-state index contributed by atoms with van der Waals surface area (Å²) >= 11 is 0. The van der Waals surface area contributed by atoms with Crippen LogP contribution in [0.15, 0.2) is 48.5 Å². The van der Waals surface area contributed by atoms with Gasteiger partial charge in [-0.1, -0.05) is 12.1 Å². The number of hydrogen-bond acceptors (Lipinski definition) is 5. The van der Waals surface area contributed by atoms with Crippen LogP contribution in [0, 0.1) is 6.92 Å². The third kappa shape index (κ3) is 5.98. The normalized spacial score (nSPS) is 9.96. The van der Waals surface area contributed by atoms with Crippen LogP contribution in [0.25, 0.3) is 0 Å². The summed E-state index contributed by atoms with van der Waals surface area (Å²) in [7, 11) is 0. The first-order valence-corrected chi connectivity index (χ1v) is 7.49. The molecule has 0 aliphatic rings. The van der Waals surface area contributed by atoms with Crippen LogP contribution >= 0.6 is 0 Å². The summed E-state index contributed by atoms with van der Waals surface area (Å²) in [5, 5.41) is 2.54. The molecule has 0 fully saturated rings. The predicted molar refractivity (Wildman–Crippen MR) is 91.2 cm³/mol. The van der Waals surface area contributed by atoms with Crippen molar-refractivity contribution < 1.29 is 23.9 Å². The molecule has 0 saturated heterocycles. The molecule has 2 rings (SSSR count). The van der Waals surface area contributed by atoms with Gasteiger partial charge in [0.15, 0.2) is 13.2 Å². The molecule has 0 unspecified atom stereocenters. The highest BCUT2D eigenvalue weighted by molar-refractivity contribution is 5.95. The number of esters is 1. The van der Waals surface area contributed by atoms with Gasteiger partial charge in [-0.15, -0.1) is 0 Å². The molecule has 0 aromatic heterocycles. The van der Waals surface area contributed by atoms with E-state index in [9.17, 15) is 14.4 Å². The van der Waals surface area contributed by atoms with Crippen LogP contribution in [0.2, 0.25) is 0 Å². The van der Waals surface area contributed by atoms with E-state index in [0.717, 1.165) is 5.56 Å². The van der Waals surface area contributed by atoms with Crippen molar-refractivity contribution >= 4 is 23.5 Å². The van der Waals surface area contributed by atoms with Crippen molar-refractivity contribution in [2.75, 3.05) is 18.5 Å². The van der Waals surface area contributed by atoms with Crippen LogP contribution in [0.1, 0.15) is 15.9 Å². The highest BCUT2D eigenvalue weighted by Crippen LogP contribution is 2.12. The Hall–Kier alpha value is -3.35. The summed E-state index contributed by atoms with van der Waals surface area (Å²) in [5.41, 5.74) is 6.93. The minimum Gasteiger partial charge on any atom is -0.482 e. The van der Waals surface area contributed by atoms with Crippen LogP contribution in [0.3, 0.4) is 0 Å². The monoisotopic (exact) mass is 342 g/mol. The van der Waals surface area contributed by atoms with Crippen molar-refractivity contribution in [3.63, 3.8) is 0 Å². The quantitative estimate of drug-likeness (QED) is 0.744. The molecule has 2 amide bonds. The molecule has 130 valence electrons. The second-order valence-electron chi connectivity index (χ2n) is 5.26. The Labute approximate surface area is 144 Å². The summed E-state index contributed by atoms with van der Waals surface area (Å²) in [5.74, 6) is -1.16. The lowest BCUT2D eigenvalue weighted by molar-refractivity contribution is -0.149. The van der Waals surface area contributed by atoms with Gasteiger partial charge in [-0.05, 0) is 48.9 Å². The first kappa shape index (κ1) is 18.0. The highest BCUT2D eigenvalue weighted by atomic mass is 16.6. The largest absolute Gasteiger partial charge is 0.482 e. The standard InChI is InChI=1S/C18H18N2O5/c1-12-3-2-4-15(9-12)24-11-17(22)25-10-16(21)20-14-7-5-13(6-8-14)18(19)23/h2-9H,10-11H2,1H3,(H2,19,23)(H,20,21). The Morgan fingerprint density at radius 2 is 1.76 bits per heavy atom. The molecule has 0 heterocycles. The number of benzene rings is 2. The van der Waals surface area contributed by atoms with Crippen LogP contribution in [0.4, 0.5) is 5.69 Å². The van der Waals surface area contributed by atoms with Gasteiger partial charge in [0, 0.05) is 11.3 Å². The van der Waals surface area contributed by atoms with E-state index in [-0.39, 0.29) is 6.61 Å². The third-order valence-electron chi connectivity index (χ3n) is 3.16. The van der Waals surface area contributed by atoms with Crippen molar-refractivity contribution in [3.8, 4) is 5.75 Å². The maximum atomic E-state index is 11.7. The third-order valence-corrected chi connectivity index (χ3v) is 3.16. The lowest BCUT2D eigenvalue weighted by atomic mass is 10.2. The number of carbonyl (C=O) groups excluding carboxylic acids is 3. The Bertz CT molecular complexity index is 771. The van der Waals surface area contributed by atoms with Gasteiger partial charge in [0.2, 0.25) is 5.91 Å². The molecule has 0 saturated carbocycles. The molecule has 2 aromatic rings. The number of nitrogens with one attached hydrogen (secondary N) is 1. The zero-order valence-corrected chi connectivity index (χ0v) is 13.7. The van der Waals surface area contributed by atoms with Gasteiger partial charge >= 0.3 is 5.97 Å². The molecule has 0 aliphatic heterocycles. The Morgan fingerprint density at radius 1 is 1.04 bits per heavy atom. The number of carbonyl (C=O) groups is 3. The van der Waals surface area contributed by atoms with Crippen LogP contribution in [-0.4, -0.2) is 31.0 Å². The van der Waals surface area contributed by atoms with E-state index in [1.165, 1.54) is 24.3 Å². The lowest BCUT2D eigenvalue weighted by Crippen LogP contribution is -2.23. The Balaban J connectivity index is 1.73. The number of aryl methyl sites for hydroxylation is 1. The number of hydrogen-bond donors (Lipinski definition) is 2. The molecule has 0 bridgehead atoms. The first-order chi connectivity index (χ1) is 11.9. The van der Waals surface area contributed by atoms with Gasteiger partial charge in [0.1, 0.15) is 5.75 Å². The smallest absolute Gasteiger partial charge is 0.344 e. The maximum absolute atomic E-state index is 11.7. The van der Waals surface area contributed by atoms with E-state index in [2.05, 4.69) is 5.32 Å². The molecule has 0 spiro atoms. The van der Waals surface area contributed by atoms with E-state index >= 15 is 0 Å². The molecule has 0 radical (unpaired) electrons. The molecule has 2 aromatic carbocycles. The van der Waals surface area contributed by atoms with Gasteiger partial charge < -0.3 is 20.5 Å². The van der Waals surface area contributed by atoms with Crippen LogP contribution < -0.4 is 15.8 Å². The fraction of sp³-hybridized carbons (Fsp3) is 0.167. The van der Waals surface area contributed by atoms with Crippen molar-refractivity contribution in [1.29, 1.82) is 0 Å². The first-order valence-electron chi connectivity index (χ1n) is 7.49. The Morgan fingerprint density at radius 3 is 2.40 bits per heavy atom. The van der Waals surface area contributed by atoms with Crippen molar-refractivity contribution in [2.24, 2.45) is 5.73 Å². The van der Waals surface area contributed by atoms with Gasteiger partial charge in [0.25, 0.3) is 5.91 Å². The number of amides is 2. The second kappa shape index (κ2) is 8.49. The minimum absolute atomic E-state index is 0.288. The van der Waals surface area contributed by atoms with Crippen molar-refractivity contribution in [1.82, 2.24) is 0 Å². The number of nitrogens with two attached hydrogens (primary N) is 1. The van der Waals surface area contributed by atoms with E-state index in [1.54, 1.807) is 12.1 Å². The predicted octanol–water partition coefficient (Wildman–Crippen LogP) is 1.65. The number of rotatable bonds is 7. The summed E-state index contributed by atoms with van der Waals surface area (Å²) in [6, 6.07) is 13.3. The molecule has 7 heteroatoms. The average Bonchev–Trinajstić information content (AvgIpc) is 2.58. The molecule has 0 aliphatic carbocycles. The number of anilines is 1. The van der Waals surface area contributed by atoms with Gasteiger partial charge in [-0.2, -0.15) is 0 Å². The molecule has 7 nitrogen and oxygen atoms in total. The average molecular weight is 342 g/mol. The molecule has 25 heavy (non-hydrogen) atoms. The fourth-order valence-electron chi connectivity index (χ4n) is 1.95. The maximum Gasteiger partial charge on any atom is 0.344 e. The summed E-state index contributed by atoms with van der Waals surface area (Å²) in [6.07, 6.45) is 0. The highest BCUT2D eigenvalue weighted by Gasteiger charge is 2.09. The van der Waals surface area contributed by atoms with Gasteiger partial charge in [-0.25, -0.2) is 4.79 Å². The topological polar surface area (TPSA) is 108 Å². The van der Waals surface area contributed by atoms with E-state index in [1.807, 2.05) is 19.1 Å². The number of ether oxygens (including phenoxy) is 2. The van der Waals surface area contributed by atoms with Crippen LogP contribution in [-0.2, 0) is 14.3 Å². The number of primary amides is 1.